The van der Waals surface area contributed by atoms with E-state index in [0.29, 0.717) is 44.7 Å². The molecule has 6 nitrogen and oxygen atoms in total. The number of ether oxygens (including phenoxy) is 1. The van der Waals surface area contributed by atoms with Crippen molar-refractivity contribution in [1.82, 2.24) is 0 Å². The van der Waals surface area contributed by atoms with E-state index in [9.17, 15) is 13.2 Å². The average molecular weight is 416 g/mol. The molecule has 0 saturated carbocycles. The maximum atomic E-state index is 13.1. The molecule has 0 spiro atoms. The van der Waals surface area contributed by atoms with Gasteiger partial charge in [0.25, 0.3) is 10.0 Å². The molecule has 0 radical (unpaired) electrons. The summed E-state index contributed by atoms with van der Waals surface area (Å²) in [6, 6.07) is 7.04. The molecule has 1 aromatic heterocycles. The molecule has 0 atom stereocenters. The summed E-state index contributed by atoms with van der Waals surface area (Å²) in [5, 5.41) is 0.515. The van der Waals surface area contributed by atoms with Crippen molar-refractivity contribution in [1.29, 1.82) is 0 Å². The first-order valence-corrected chi connectivity index (χ1v) is 10.8. The van der Waals surface area contributed by atoms with Crippen LogP contribution in [-0.2, 0) is 14.8 Å². The Morgan fingerprint density at radius 2 is 1.62 bits per heavy atom. The van der Waals surface area contributed by atoms with Crippen molar-refractivity contribution in [2.45, 2.75) is 46.4 Å². The molecule has 3 aromatic rings. The fourth-order valence-electron chi connectivity index (χ4n) is 3.72. The van der Waals surface area contributed by atoms with Gasteiger partial charge in [0.2, 0.25) is 0 Å². The minimum absolute atomic E-state index is 0.238. The van der Waals surface area contributed by atoms with Crippen molar-refractivity contribution in [3.05, 3.63) is 57.8 Å². The Balaban J connectivity index is 2.12. The van der Waals surface area contributed by atoms with Crippen LogP contribution in [-0.4, -0.2) is 21.0 Å². The summed E-state index contributed by atoms with van der Waals surface area (Å²) in [6.45, 7) is 10.9. The zero-order valence-corrected chi connectivity index (χ0v) is 18.3. The second-order valence-corrected chi connectivity index (χ2v) is 8.87. The third kappa shape index (κ3) is 3.87. The van der Waals surface area contributed by atoms with E-state index >= 15 is 0 Å². The molecule has 0 unspecified atom stereocenters. The van der Waals surface area contributed by atoms with E-state index in [-0.39, 0.29) is 11.5 Å². The summed E-state index contributed by atoms with van der Waals surface area (Å²) in [5.74, 6) is -0.0604. The number of nitrogens with one attached hydrogen (secondary N) is 1. The number of rotatable bonds is 5. The van der Waals surface area contributed by atoms with E-state index in [4.69, 9.17) is 9.15 Å². The van der Waals surface area contributed by atoms with Gasteiger partial charge >= 0.3 is 5.97 Å². The van der Waals surface area contributed by atoms with Crippen LogP contribution in [0.3, 0.4) is 0 Å². The van der Waals surface area contributed by atoms with Gasteiger partial charge in [0, 0.05) is 5.39 Å². The summed E-state index contributed by atoms with van der Waals surface area (Å²) < 4.78 is 39.8. The number of carbonyl (C=O) groups excluding carboxylic acids is 1. The Labute approximate surface area is 170 Å². The van der Waals surface area contributed by atoms with Crippen molar-refractivity contribution < 1.29 is 22.4 Å². The maximum absolute atomic E-state index is 13.1. The average Bonchev–Trinajstić information content (AvgIpc) is 2.88. The van der Waals surface area contributed by atoms with E-state index in [1.807, 2.05) is 19.1 Å². The van der Waals surface area contributed by atoms with Gasteiger partial charge in [-0.2, -0.15) is 0 Å². The van der Waals surface area contributed by atoms with Gasteiger partial charge in [0.05, 0.1) is 17.2 Å². The maximum Gasteiger partial charge on any atom is 0.342 e. The number of benzene rings is 2. The third-order valence-electron chi connectivity index (χ3n) is 4.81. The fourth-order valence-corrected chi connectivity index (χ4v) is 5.30. The highest BCUT2D eigenvalue weighted by Crippen LogP contribution is 2.33. The molecule has 7 heteroatoms. The standard InChI is InChI=1S/C22H25NO5S/c1-7-27-22(24)20-16(6)28-19-10-13(3)18(11-17(19)20)23-29(25,26)21-14(4)8-12(2)9-15(21)5/h8-11,23H,7H2,1-6H3. The Bertz CT molecular complexity index is 1200. The van der Waals surface area contributed by atoms with Gasteiger partial charge in [-0.05, 0) is 70.4 Å². The quantitative estimate of drug-likeness (QED) is 0.596. The van der Waals surface area contributed by atoms with Crippen LogP contribution < -0.4 is 4.72 Å². The fraction of sp³-hybridized carbons (Fsp3) is 0.318. The molecular formula is C22H25NO5S. The van der Waals surface area contributed by atoms with Crippen molar-refractivity contribution in [2.24, 2.45) is 0 Å². The van der Waals surface area contributed by atoms with E-state index < -0.39 is 16.0 Å². The Kier molecular flexibility index (Phi) is 5.45. The first-order valence-electron chi connectivity index (χ1n) is 9.36. The molecule has 1 heterocycles. The van der Waals surface area contributed by atoms with Gasteiger partial charge in [0.1, 0.15) is 16.9 Å². The van der Waals surface area contributed by atoms with Crippen LogP contribution in [0.25, 0.3) is 11.0 Å². The monoisotopic (exact) mass is 415 g/mol. The summed E-state index contributed by atoms with van der Waals surface area (Å²) in [5.41, 5.74) is 4.26. The molecule has 0 saturated heterocycles. The van der Waals surface area contributed by atoms with Gasteiger partial charge in [-0.25, -0.2) is 13.2 Å². The molecule has 29 heavy (non-hydrogen) atoms. The zero-order chi connectivity index (χ0) is 21.5. The number of carbonyl (C=O) groups is 1. The van der Waals surface area contributed by atoms with Crippen LogP contribution in [0.1, 0.15) is 45.3 Å². The summed E-state index contributed by atoms with van der Waals surface area (Å²) in [7, 11) is -3.82. The van der Waals surface area contributed by atoms with Crippen LogP contribution >= 0.6 is 0 Å². The van der Waals surface area contributed by atoms with Crippen molar-refractivity contribution in [3.8, 4) is 0 Å². The molecule has 0 bridgehead atoms. The minimum Gasteiger partial charge on any atom is -0.462 e. The van der Waals surface area contributed by atoms with Crippen molar-refractivity contribution >= 4 is 32.6 Å². The highest BCUT2D eigenvalue weighted by molar-refractivity contribution is 7.92. The normalized spacial score (nSPS) is 11.7. The second kappa shape index (κ2) is 7.55. The second-order valence-electron chi connectivity index (χ2n) is 7.25. The summed E-state index contributed by atoms with van der Waals surface area (Å²) in [4.78, 5) is 12.6. The van der Waals surface area contributed by atoms with Crippen LogP contribution in [0, 0.1) is 34.6 Å². The lowest BCUT2D eigenvalue weighted by atomic mass is 10.1. The predicted octanol–water partition coefficient (Wildman–Crippen LogP) is 4.95. The van der Waals surface area contributed by atoms with Crippen LogP contribution in [0.4, 0.5) is 5.69 Å². The number of hydrogen-bond acceptors (Lipinski definition) is 5. The van der Waals surface area contributed by atoms with Crippen LogP contribution in [0.5, 0.6) is 0 Å². The minimum atomic E-state index is -3.82. The Hall–Kier alpha value is -2.80. The molecule has 154 valence electrons. The van der Waals surface area contributed by atoms with E-state index in [0.717, 1.165) is 5.56 Å². The number of sulfonamides is 1. The van der Waals surface area contributed by atoms with Crippen LogP contribution in [0.15, 0.2) is 33.6 Å². The molecule has 0 amide bonds. The molecule has 2 aromatic carbocycles. The Morgan fingerprint density at radius 1 is 1.00 bits per heavy atom. The molecule has 0 aliphatic rings. The lowest BCUT2D eigenvalue weighted by Gasteiger charge is -2.15. The highest BCUT2D eigenvalue weighted by atomic mass is 32.2. The van der Waals surface area contributed by atoms with Gasteiger partial charge in [0.15, 0.2) is 0 Å². The largest absolute Gasteiger partial charge is 0.462 e. The first kappa shape index (κ1) is 20.9. The summed E-state index contributed by atoms with van der Waals surface area (Å²) >= 11 is 0. The van der Waals surface area contributed by atoms with Gasteiger partial charge in [-0.1, -0.05) is 17.7 Å². The number of aryl methyl sites for hydroxylation is 5. The predicted molar refractivity (Wildman–Crippen MR) is 113 cm³/mol. The van der Waals surface area contributed by atoms with Crippen molar-refractivity contribution in [3.63, 3.8) is 0 Å². The number of furan rings is 1. The molecular weight excluding hydrogens is 390 g/mol. The zero-order valence-electron chi connectivity index (χ0n) is 17.5. The smallest absolute Gasteiger partial charge is 0.342 e. The molecule has 3 rings (SSSR count). The molecule has 0 aliphatic heterocycles. The number of hydrogen-bond donors (Lipinski definition) is 1. The topological polar surface area (TPSA) is 85.6 Å². The molecule has 0 aliphatic carbocycles. The van der Waals surface area contributed by atoms with Gasteiger partial charge < -0.3 is 9.15 Å². The van der Waals surface area contributed by atoms with Crippen molar-refractivity contribution in [2.75, 3.05) is 11.3 Å². The summed E-state index contributed by atoms with van der Waals surface area (Å²) in [6.07, 6.45) is 0. The van der Waals surface area contributed by atoms with E-state index in [2.05, 4.69) is 4.72 Å². The van der Waals surface area contributed by atoms with Gasteiger partial charge in [-0.15, -0.1) is 0 Å². The Morgan fingerprint density at radius 3 is 2.21 bits per heavy atom. The SMILES string of the molecule is CCOC(=O)c1c(C)oc2cc(C)c(NS(=O)(=O)c3c(C)cc(C)cc3C)cc12. The van der Waals surface area contributed by atoms with E-state index in [1.54, 1.807) is 46.8 Å². The number of fused-ring (bicyclic) bond motifs is 1. The van der Waals surface area contributed by atoms with E-state index in [1.165, 1.54) is 0 Å². The first-order chi connectivity index (χ1) is 13.5. The molecule has 0 fully saturated rings. The van der Waals surface area contributed by atoms with Crippen LogP contribution in [0.2, 0.25) is 0 Å². The van der Waals surface area contributed by atoms with Gasteiger partial charge in [-0.3, -0.25) is 4.72 Å². The number of anilines is 1. The lowest BCUT2D eigenvalue weighted by molar-refractivity contribution is 0.0526. The molecule has 1 N–H and O–H groups in total. The lowest BCUT2D eigenvalue weighted by Crippen LogP contribution is -2.16. The number of esters is 1. The highest BCUT2D eigenvalue weighted by Gasteiger charge is 2.24. The third-order valence-corrected chi connectivity index (χ3v) is 6.48.